The highest BCUT2D eigenvalue weighted by molar-refractivity contribution is 7.86. The first-order chi connectivity index (χ1) is 26.8. The van der Waals surface area contributed by atoms with Crippen molar-refractivity contribution in [1.29, 1.82) is 0 Å². The van der Waals surface area contributed by atoms with Crippen LogP contribution in [0.25, 0.3) is 10.8 Å². The van der Waals surface area contributed by atoms with Crippen molar-refractivity contribution in [3.63, 3.8) is 0 Å². The molecule has 20 nitrogen and oxygen atoms in total. The number of aryl methyl sites for hydroxylation is 2. The van der Waals surface area contributed by atoms with E-state index in [1.165, 1.54) is 43.5 Å². The van der Waals surface area contributed by atoms with Crippen LogP contribution >= 0.6 is 7.60 Å². The molecule has 5 aromatic carbocycles. The van der Waals surface area contributed by atoms with Gasteiger partial charge in [0.15, 0.2) is 0 Å². The Kier molecular flexibility index (Phi) is 11.1. The van der Waals surface area contributed by atoms with Crippen LogP contribution in [0.2, 0.25) is 0 Å². The average Bonchev–Trinajstić information content (AvgIpc) is 3.12. The summed E-state index contributed by atoms with van der Waals surface area (Å²) in [5, 5.41) is 32.8. The third-order valence-corrected chi connectivity index (χ3v) is 10.7. The van der Waals surface area contributed by atoms with Crippen molar-refractivity contribution in [2.24, 2.45) is 20.5 Å². The molecule has 0 aliphatic heterocycles. The smallest absolute Gasteiger partial charge is 0.356 e. The fourth-order valence-corrected chi connectivity index (χ4v) is 7.28. The Morgan fingerprint density at radius 3 is 2.02 bits per heavy atom. The van der Waals surface area contributed by atoms with Crippen molar-refractivity contribution in [3.05, 3.63) is 96.1 Å². The molecule has 0 amide bonds. The molecule has 7 N–H and O–H groups in total. The summed E-state index contributed by atoms with van der Waals surface area (Å²) in [5.41, 5.74) is 3.10. The number of ether oxygens (including phenoxy) is 1. The number of aromatic nitrogens is 3. The van der Waals surface area contributed by atoms with Gasteiger partial charge in [0.25, 0.3) is 20.2 Å². The van der Waals surface area contributed by atoms with Crippen LogP contribution in [0.5, 0.6) is 11.8 Å². The molecule has 0 spiro atoms. The van der Waals surface area contributed by atoms with Crippen molar-refractivity contribution >= 4 is 89.9 Å². The largest absolute Gasteiger partial charge is 0.494 e. The third-order valence-electron chi connectivity index (χ3n) is 8.00. The van der Waals surface area contributed by atoms with Crippen LogP contribution in [-0.2, 0) is 24.8 Å². The summed E-state index contributed by atoms with van der Waals surface area (Å²) in [6.45, 7) is 3.31. The van der Waals surface area contributed by atoms with E-state index < -0.39 is 43.6 Å². The zero-order chi connectivity index (χ0) is 41.3. The molecular formula is C34H30N9O11PS2. The van der Waals surface area contributed by atoms with Crippen LogP contribution in [0.15, 0.2) is 115 Å². The second-order valence-corrected chi connectivity index (χ2v) is 16.5. The number of rotatable bonds is 12. The molecule has 0 radical (unpaired) electrons. The maximum absolute atomic E-state index is 12.1. The summed E-state index contributed by atoms with van der Waals surface area (Å²) in [6.07, 6.45) is 0. The lowest BCUT2D eigenvalue weighted by Crippen LogP contribution is -2.04. The van der Waals surface area contributed by atoms with Gasteiger partial charge in [-0.15, -0.1) is 0 Å². The molecule has 0 fully saturated rings. The number of nitrogens with zero attached hydrogens (tertiary/aromatic N) is 7. The van der Waals surface area contributed by atoms with E-state index in [-0.39, 0.29) is 39.3 Å². The lowest BCUT2D eigenvalue weighted by atomic mass is 10.0. The van der Waals surface area contributed by atoms with Gasteiger partial charge in [0.1, 0.15) is 10.6 Å². The Labute approximate surface area is 323 Å². The Hall–Kier alpha value is -6.26. The highest BCUT2D eigenvalue weighted by Gasteiger charge is 2.22. The Bertz CT molecular complexity index is 2910. The fourth-order valence-electron chi connectivity index (χ4n) is 5.37. The molecule has 0 aliphatic carbocycles. The molecule has 57 heavy (non-hydrogen) atoms. The van der Waals surface area contributed by atoms with Crippen LogP contribution in [-0.4, -0.2) is 62.9 Å². The van der Waals surface area contributed by atoms with Gasteiger partial charge >= 0.3 is 13.6 Å². The SMILES string of the molecule is COc1cc(N=Nc2cccc(P(=O)(O)O)c2)ccc1Nc1nc(O)nc(Nc2ccc(N=Nc3cc(C)c4cc(S(=O)(=O)O)cc(S(=O)(=O)O)c4c3)c(C)c2)n1. The van der Waals surface area contributed by atoms with Crippen LogP contribution < -0.4 is 20.7 Å². The van der Waals surface area contributed by atoms with Gasteiger partial charge < -0.3 is 30.3 Å². The Balaban J connectivity index is 1.19. The normalized spacial score (nSPS) is 12.4. The molecule has 0 bridgehead atoms. The number of hydrogen-bond donors (Lipinski definition) is 7. The summed E-state index contributed by atoms with van der Waals surface area (Å²) in [4.78, 5) is 29.6. The van der Waals surface area contributed by atoms with E-state index in [0.29, 0.717) is 45.7 Å². The van der Waals surface area contributed by atoms with Crippen molar-refractivity contribution in [2.45, 2.75) is 23.6 Å². The molecule has 0 aliphatic rings. The minimum Gasteiger partial charge on any atom is -0.494 e. The van der Waals surface area contributed by atoms with E-state index in [4.69, 9.17) is 4.74 Å². The molecule has 6 aromatic rings. The first kappa shape index (κ1) is 40.4. The highest BCUT2D eigenvalue weighted by Crippen LogP contribution is 2.37. The van der Waals surface area contributed by atoms with Gasteiger partial charge in [-0.3, -0.25) is 13.7 Å². The van der Waals surface area contributed by atoms with Crippen LogP contribution in [0, 0.1) is 13.8 Å². The zero-order valence-corrected chi connectivity index (χ0v) is 32.2. The number of fused-ring (bicyclic) bond motifs is 1. The first-order valence-electron chi connectivity index (χ1n) is 16.1. The maximum atomic E-state index is 12.1. The monoisotopic (exact) mass is 835 g/mol. The van der Waals surface area contributed by atoms with Crippen LogP contribution in [0.1, 0.15) is 11.1 Å². The molecule has 0 atom stereocenters. The summed E-state index contributed by atoms with van der Waals surface area (Å²) in [6, 6.07) is 19.2. The summed E-state index contributed by atoms with van der Waals surface area (Å²) in [5.74, 6) is 0.222. The van der Waals surface area contributed by atoms with Gasteiger partial charge in [0.05, 0.1) is 45.7 Å². The van der Waals surface area contributed by atoms with Gasteiger partial charge in [-0.2, -0.15) is 52.2 Å². The van der Waals surface area contributed by atoms with Gasteiger partial charge in [-0.25, -0.2) is 0 Å². The third kappa shape index (κ3) is 9.77. The van der Waals surface area contributed by atoms with E-state index in [2.05, 4.69) is 46.0 Å². The van der Waals surface area contributed by atoms with Crippen molar-refractivity contribution < 1.29 is 50.1 Å². The van der Waals surface area contributed by atoms with E-state index in [9.17, 15) is 45.4 Å². The maximum Gasteiger partial charge on any atom is 0.356 e. The van der Waals surface area contributed by atoms with E-state index in [0.717, 1.165) is 6.07 Å². The molecule has 23 heteroatoms. The second kappa shape index (κ2) is 15.7. The minimum absolute atomic E-state index is 0.0286. The molecule has 0 saturated carbocycles. The van der Waals surface area contributed by atoms with Gasteiger partial charge in [0, 0.05) is 17.1 Å². The summed E-state index contributed by atoms with van der Waals surface area (Å²) < 4.78 is 84.1. The Morgan fingerprint density at radius 1 is 0.684 bits per heavy atom. The van der Waals surface area contributed by atoms with Gasteiger partial charge in [-0.05, 0) is 103 Å². The summed E-state index contributed by atoms with van der Waals surface area (Å²) >= 11 is 0. The number of aromatic hydroxyl groups is 1. The Morgan fingerprint density at radius 2 is 1.37 bits per heavy atom. The highest BCUT2D eigenvalue weighted by atomic mass is 32.2. The predicted octanol–water partition coefficient (Wildman–Crippen LogP) is 6.97. The van der Waals surface area contributed by atoms with Crippen LogP contribution in [0.3, 0.4) is 0 Å². The number of azo groups is 2. The topological polar surface area (TPSA) is 308 Å². The fraction of sp³-hybridized carbons (Fsp3) is 0.0882. The van der Waals surface area contributed by atoms with E-state index >= 15 is 0 Å². The van der Waals surface area contributed by atoms with Crippen molar-refractivity contribution in [2.75, 3.05) is 17.7 Å². The molecule has 294 valence electrons. The van der Waals surface area contributed by atoms with Crippen molar-refractivity contribution in [1.82, 2.24) is 15.0 Å². The second-order valence-electron chi connectivity index (χ2n) is 12.1. The average molecular weight is 836 g/mol. The van der Waals surface area contributed by atoms with Crippen molar-refractivity contribution in [3.8, 4) is 11.8 Å². The lowest BCUT2D eigenvalue weighted by Gasteiger charge is -2.12. The standard InChI is InChI=1S/C34H30N9O11PS2/c1-18-11-23(14-27-26(18)16-25(56(48,49)50)17-31(27)57(51,52)53)42-43-28-9-7-20(12-19(28)2)35-32-37-33(39-34(44)38-32)36-29-10-8-22(15-30(29)54-3)41-40-21-5-4-6-24(13-21)55(45,46)47/h4-17H,1-3H3,(H2,45,46,47)(H,48,49,50)(H,51,52,53)(H3,35,36,37,38,39,44). The molecule has 1 heterocycles. The number of hydrogen-bond acceptors (Lipinski definition) is 16. The van der Waals surface area contributed by atoms with Crippen LogP contribution in [0.4, 0.5) is 46.0 Å². The molecular weight excluding hydrogens is 806 g/mol. The molecule has 1 aromatic heterocycles. The zero-order valence-electron chi connectivity index (χ0n) is 29.7. The minimum atomic E-state index is -4.91. The predicted molar refractivity (Wildman–Crippen MR) is 207 cm³/mol. The molecule has 0 saturated heterocycles. The van der Waals surface area contributed by atoms with E-state index in [1.54, 1.807) is 50.2 Å². The van der Waals surface area contributed by atoms with Gasteiger partial charge in [-0.1, -0.05) is 6.07 Å². The first-order valence-corrected chi connectivity index (χ1v) is 20.6. The lowest BCUT2D eigenvalue weighted by molar-refractivity contribution is 0.387. The van der Waals surface area contributed by atoms with Gasteiger partial charge in [0.2, 0.25) is 11.9 Å². The summed E-state index contributed by atoms with van der Waals surface area (Å²) in [7, 11) is -12.7. The molecule has 0 unspecified atom stereocenters. The number of nitrogens with one attached hydrogen (secondary N) is 2. The number of methoxy groups -OCH3 is 1. The van der Waals surface area contributed by atoms with E-state index in [1.807, 2.05) is 0 Å². The molecule has 6 rings (SSSR count). The number of anilines is 4. The number of benzene rings is 5. The quantitative estimate of drug-likeness (QED) is 0.0372.